The summed E-state index contributed by atoms with van der Waals surface area (Å²) in [5.41, 5.74) is 0.825. The van der Waals surface area contributed by atoms with E-state index in [0.29, 0.717) is 20.9 Å². The van der Waals surface area contributed by atoms with Gasteiger partial charge in [-0.25, -0.2) is 0 Å². The van der Waals surface area contributed by atoms with E-state index in [-0.39, 0.29) is 12.5 Å². The summed E-state index contributed by atoms with van der Waals surface area (Å²) >= 11 is 13.2. The predicted molar refractivity (Wildman–Crippen MR) is 80.0 cm³/mol. The summed E-state index contributed by atoms with van der Waals surface area (Å²) in [7, 11) is 0. The predicted octanol–water partition coefficient (Wildman–Crippen LogP) is 3.48. The van der Waals surface area contributed by atoms with E-state index < -0.39 is 0 Å². The van der Waals surface area contributed by atoms with Crippen LogP contribution in [0, 0.1) is 13.8 Å². The number of carbonyl (C=O) groups excluding carboxylic acids is 1. The van der Waals surface area contributed by atoms with Gasteiger partial charge in [-0.15, -0.1) is 10.2 Å². The molecule has 0 fully saturated rings. The van der Waals surface area contributed by atoms with Gasteiger partial charge in [0.05, 0.1) is 5.02 Å². The monoisotopic (exact) mass is 331 g/mol. The molecule has 2 aromatic rings. The van der Waals surface area contributed by atoms with Crippen LogP contribution in [0.1, 0.15) is 10.6 Å². The second kappa shape index (κ2) is 6.39. The Morgan fingerprint density at radius 1 is 1.30 bits per heavy atom. The number of nitrogens with one attached hydrogen (secondary N) is 1. The van der Waals surface area contributed by atoms with Gasteiger partial charge < -0.3 is 4.74 Å². The average molecular weight is 332 g/mol. The van der Waals surface area contributed by atoms with Gasteiger partial charge in [0.2, 0.25) is 5.13 Å². The third kappa shape index (κ3) is 3.82. The van der Waals surface area contributed by atoms with Gasteiger partial charge in [0, 0.05) is 5.02 Å². The van der Waals surface area contributed by atoms with Crippen LogP contribution in [0.15, 0.2) is 12.1 Å². The molecule has 0 aliphatic rings. The summed E-state index contributed by atoms with van der Waals surface area (Å²) in [4.78, 5) is 11.7. The van der Waals surface area contributed by atoms with E-state index in [4.69, 9.17) is 27.9 Å². The first-order valence-electron chi connectivity index (χ1n) is 5.64. The summed E-state index contributed by atoms with van der Waals surface area (Å²) in [5.74, 6) is 0.0852. The quantitative estimate of drug-likeness (QED) is 0.931. The van der Waals surface area contributed by atoms with E-state index in [1.54, 1.807) is 19.1 Å². The van der Waals surface area contributed by atoms with Crippen LogP contribution in [0.4, 0.5) is 5.13 Å². The number of aromatic nitrogens is 2. The smallest absolute Gasteiger partial charge is 0.264 e. The van der Waals surface area contributed by atoms with Crippen molar-refractivity contribution < 1.29 is 9.53 Å². The third-order valence-electron chi connectivity index (χ3n) is 2.34. The maximum Gasteiger partial charge on any atom is 0.264 e. The lowest BCUT2D eigenvalue weighted by Gasteiger charge is -2.09. The van der Waals surface area contributed by atoms with Crippen LogP contribution in [0.2, 0.25) is 10.0 Å². The topological polar surface area (TPSA) is 64.1 Å². The number of nitrogens with zero attached hydrogens (tertiary/aromatic N) is 2. The number of halogens is 2. The molecule has 0 radical (unpaired) electrons. The van der Waals surface area contributed by atoms with Crippen LogP contribution < -0.4 is 10.1 Å². The van der Waals surface area contributed by atoms with Crippen molar-refractivity contribution in [3.05, 3.63) is 32.7 Å². The zero-order valence-electron chi connectivity index (χ0n) is 10.7. The highest BCUT2D eigenvalue weighted by Crippen LogP contribution is 2.30. The Kier molecular flexibility index (Phi) is 4.80. The van der Waals surface area contributed by atoms with Gasteiger partial charge in [-0.05, 0) is 31.5 Å². The molecule has 5 nitrogen and oxygen atoms in total. The van der Waals surface area contributed by atoms with Crippen LogP contribution in [-0.2, 0) is 4.79 Å². The number of ether oxygens (including phenoxy) is 1. The van der Waals surface area contributed by atoms with Gasteiger partial charge in [-0.1, -0.05) is 34.5 Å². The van der Waals surface area contributed by atoms with Gasteiger partial charge in [0.1, 0.15) is 10.8 Å². The lowest BCUT2D eigenvalue weighted by molar-refractivity contribution is -0.118. The Labute approximate surface area is 129 Å². The molecule has 0 saturated heterocycles. The maximum absolute atomic E-state index is 11.7. The van der Waals surface area contributed by atoms with Crippen LogP contribution in [-0.4, -0.2) is 22.7 Å². The first-order valence-corrected chi connectivity index (χ1v) is 7.21. The van der Waals surface area contributed by atoms with E-state index in [1.165, 1.54) is 11.3 Å². The lowest BCUT2D eigenvalue weighted by atomic mass is 10.2. The van der Waals surface area contributed by atoms with Gasteiger partial charge in [-0.2, -0.15) is 0 Å². The van der Waals surface area contributed by atoms with Crippen molar-refractivity contribution in [2.24, 2.45) is 0 Å². The fourth-order valence-corrected chi connectivity index (χ4v) is 2.43. The molecular weight excluding hydrogens is 321 g/mol. The Morgan fingerprint density at radius 2 is 2.05 bits per heavy atom. The van der Waals surface area contributed by atoms with Crippen molar-refractivity contribution in [2.45, 2.75) is 13.8 Å². The van der Waals surface area contributed by atoms with Gasteiger partial charge >= 0.3 is 0 Å². The number of anilines is 1. The number of rotatable bonds is 4. The van der Waals surface area contributed by atoms with Crippen molar-refractivity contribution in [1.82, 2.24) is 10.2 Å². The van der Waals surface area contributed by atoms with Gasteiger partial charge in [0.15, 0.2) is 6.61 Å². The zero-order valence-corrected chi connectivity index (χ0v) is 13.1. The van der Waals surface area contributed by atoms with Crippen LogP contribution in [0.5, 0.6) is 5.75 Å². The molecule has 1 aromatic heterocycles. The molecule has 0 atom stereocenters. The summed E-state index contributed by atoms with van der Waals surface area (Å²) in [6.45, 7) is 3.47. The molecule has 0 aliphatic carbocycles. The van der Waals surface area contributed by atoms with Crippen LogP contribution >= 0.6 is 34.5 Å². The number of hydrogen-bond donors (Lipinski definition) is 1. The minimum Gasteiger partial charge on any atom is -0.482 e. The minimum atomic E-state index is -0.329. The third-order valence-corrected chi connectivity index (χ3v) is 3.80. The highest BCUT2D eigenvalue weighted by atomic mass is 35.5. The van der Waals surface area contributed by atoms with Gasteiger partial charge in [0.25, 0.3) is 5.91 Å². The number of hydrogen-bond acceptors (Lipinski definition) is 5. The first-order chi connectivity index (χ1) is 9.45. The number of carbonyl (C=O) groups is 1. The van der Waals surface area contributed by atoms with E-state index >= 15 is 0 Å². The van der Waals surface area contributed by atoms with Crippen molar-refractivity contribution in [1.29, 1.82) is 0 Å². The van der Waals surface area contributed by atoms with E-state index in [2.05, 4.69) is 15.5 Å². The Bertz CT molecular complexity index is 646. The van der Waals surface area contributed by atoms with Crippen molar-refractivity contribution >= 4 is 45.6 Å². The molecule has 106 valence electrons. The lowest BCUT2D eigenvalue weighted by Crippen LogP contribution is -2.20. The van der Waals surface area contributed by atoms with E-state index in [0.717, 1.165) is 10.6 Å². The Morgan fingerprint density at radius 3 is 2.70 bits per heavy atom. The summed E-state index contributed by atoms with van der Waals surface area (Å²) in [6, 6.07) is 3.27. The highest BCUT2D eigenvalue weighted by molar-refractivity contribution is 7.15. The first kappa shape index (κ1) is 15.0. The standard InChI is InChI=1S/C12H11Cl2N3O2S/c1-6-3-10(9(14)4-8(6)13)19-5-11(18)15-12-17-16-7(2)20-12/h3-4H,5H2,1-2H3,(H,15,17,18). The van der Waals surface area contributed by atoms with E-state index in [1.807, 2.05) is 6.92 Å². The maximum atomic E-state index is 11.7. The van der Waals surface area contributed by atoms with Crippen molar-refractivity contribution in [3.8, 4) is 5.75 Å². The number of amides is 1. The summed E-state index contributed by atoms with van der Waals surface area (Å²) < 4.78 is 5.37. The molecule has 0 aliphatic heterocycles. The zero-order chi connectivity index (χ0) is 14.7. The Hall–Kier alpha value is -1.37. The SMILES string of the molecule is Cc1nnc(NC(=O)COc2cc(C)c(Cl)cc2Cl)s1. The second-order valence-electron chi connectivity index (χ2n) is 3.99. The molecule has 0 bridgehead atoms. The summed E-state index contributed by atoms with van der Waals surface area (Å²) in [5, 5.41) is 12.3. The van der Waals surface area contributed by atoms with Crippen molar-refractivity contribution in [2.75, 3.05) is 11.9 Å². The molecular formula is C12H11Cl2N3O2S. The molecule has 1 aromatic carbocycles. The van der Waals surface area contributed by atoms with Crippen molar-refractivity contribution in [3.63, 3.8) is 0 Å². The van der Waals surface area contributed by atoms with Gasteiger partial charge in [-0.3, -0.25) is 10.1 Å². The molecule has 1 heterocycles. The molecule has 1 amide bonds. The fraction of sp³-hybridized carbons (Fsp3) is 0.250. The molecule has 20 heavy (non-hydrogen) atoms. The second-order valence-corrected chi connectivity index (χ2v) is 5.99. The average Bonchev–Trinajstić information content (AvgIpc) is 2.77. The molecule has 2 rings (SSSR count). The number of benzene rings is 1. The largest absolute Gasteiger partial charge is 0.482 e. The molecule has 0 saturated carbocycles. The van der Waals surface area contributed by atoms with Crippen LogP contribution in [0.3, 0.4) is 0 Å². The fourth-order valence-electron chi connectivity index (χ4n) is 1.39. The minimum absolute atomic E-state index is 0.167. The molecule has 1 N–H and O–H groups in total. The summed E-state index contributed by atoms with van der Waals surface area (Å²) in [6.07, 6.45) is 0. The molecule has 0 unspecified atom stereocenters. The number of aryl methyl sites for hydroxylation is 2. The molecule has 8 heteroatoms. The van der Waals surface area contributed by atoms with E-state index in [9.17, 15) is 4.79 Å². The Balaban J connectivity index is 1.95. The highest BCUT2D eigenvalue weighted by Gasteiger charge is 2.10. The molecule has 0 spiro atoms. The van der Waals surface area contributed by atoms with Crippen LogP contribution in [0.25, 0.3) is 0 Å². The normalized spacial score (nSPS) is 10.4.